The lowest BCUT2D eigenvalue weighted by Gasteiger charge is -2.07. The van der Waals surface area contributed by atoms with Gasteiger partial charge in [-0.2, -0.15) is 0 Å². The van der Waals surface area contributed by atoms with Crippen LogP contribution in [0.5, 0.6) is 5.75 Å². The van der Waals surface area contributed by atoms with Crippen LogP contribution < -0.4 is 10.5 Å². The van der Waals surface area contributed by atoms with Crippen molar-refractivity contribution in [1.29, 1.82) is 0 Å². The van der Waals surface area contributed by atoms with Gasteiger partial charge < -0.3 is 10.5 Å². The van der Waals surface area contributed by atoms with Crippen LogP contribution in [-0.4, -0.2) is 17.3 Å². The summed E-state index contributed by atoms with van der Waals surface area (Å²) >= 11 is 7.38. The number of hydrogen-bond acceptors (Lipinski definition) is 4. The first-order valence-corrected chi connectivity index (χ1v) is 6.84. The molecule has 0 atom stereocenters. The minimum absolute atomic E-state index is 0.586. The third-order valence-electron chi connectivity index (χ3n) is 2.21. The first kappa shape index (κ1) is 13.1. The summed E-state index contributed by atoms with van der Waals surface area (Å²) in [5.41, 5.74) is 6.43. The summed E-state index contributed by atoms with van der Waals surface area (Å²) in [7, 11) is 0. The van der Waals surface area contributed by atoms with Crippen molar-refractivity contribution in [3.8, 4) is 5.75 Å². The number of nitrogens with zero attached hydrogens (tertiary/aromatic N) is 1. The minimum Gasteiger partial charge on any atom is -0.491 e. The van der Waals surface area contributed by atoms with E-state index in [-0.39, 0.29) is 0 Å². The van der Waals surface area contributed by atoms with Gasteiger partial charge >= 0.3 is 0 Å². The number of nitrogens with two attached hydrogens (primary N) is 1. The first-order valence-electron chi connectivity index (χ1n) is 5.47. The fourth-order valence-corrected chi connectivity index (χ4v) is 2.14. The van der Waals surface area contributed by atoms with E-state index in [0.717, 1.165) is 16.5 Å². The van der Waals surface area contributed by atoms with E-state index in [9.17, 15) is 0 Å². The Morgan fingerprint density at radius 3 is 2.78 bits per heavy atom. The Morgan fingerprint density at radius 2 is 2.06 bits per heavy atom. The van der Waals surface area contributed by atoms with Crippen molar-refractivity contribution in [2.75, 3.05) is 18.1 Å². The van der Waals surface area contributed by atoms with Crippen LogP contribution in [-0.2, 0) is 0 Å². The van der Waals surface area contributed by atoms with Crippen LogP contribution in [0, 0.1) is 0 Å². The molecular formula is C13H13ClN2OS. The number of pyridine rings is 1. The molecule has 0 aliphatic carbocycles. The molecule has 0 spiro atoms. The summed E-state index contributed by atoms with van der Waals surface area (Å²) in [6.45, 7) is 0.586. The van der Waals surface area contributed by atoms with Crippen LogP contribution in [0.4, 0.5) is 5.69 Å². The van der Waals surface area contributed by atoms with Gasteiger partial charge in [0.05, 0.1) is 22.3 Å². The monoisotopic (exact) mass is 280 g/mol. The van der Waals surface area contributed by atoms with Crippen molar-refractivity contribution >= 4 is 29.1 Å². The molecule has 0 saturated heterocycles. The number of hydrogen-bond donors (Lipinski definition) is 1. The van der Waals surface area contributed by atoms with Gasteiger partial charge in [-0.1, -0.05) is 23.7 Å². The van der Waals surface area contributed by atoms with Gasteiger partial charge in [-0.25, -0.2) is 4.98 Å². The van der Waals surface area contributed by atoms with Crippen molar-refractivity contribution in [2.45, 2.75) is 5.03 Å². The van der Waals surface area contributed by atoms with Gasteiger partial charge in [0, 0.05) is 11.9 Å². The van der Waals surface area contributed by atoms with E-state index in [4.69, 9.17) is 22.1 Å². The van der Waals surface area contributed by atoms with E-state index < -0.39 is 0 Å². The Bertz CT molecular complexity index is 505. The highest BCUT2D eigenvalue weighted by molar-refractivity contribution is 7.99. The summed E-state index contributed by atoms with van der Waals surface area (Å²) in [5, 5.41) is 1.58. The Hall–Kier alpha value is -1.39. The Kier molecular flexibility index (Phi) is 4.73. The molecule has 18 heavy (non-hydrogen) atoms. The average Bonchev–Trinajstić information content (AvgIpc) is 2.39. The highest BCUT2D eigenvalue weighted by Crippen LogP contribution is 2.21. The summed E-state index contributed by atoms with van der Waals surface area (Å²) in [5.74, 6) is 1.53. The SMILES string of the molecule is Nc1ccccc1OCCSc1ccc(Cl)cn1. The lowest BCUT2D eigenvalue weighted by molar-refractivity contribution is 0.346. The molecule has 2 N–H and O–H groups in total. The van der Waals surface area contributed by atoms with E-state index in [0.29, 0.717) is 17.3 Å². The number of halogens is 1. The van der Waals surface area contributed by atoms with Crippen LogP contribution in [0.25, 0.3) is 0 Å². The highest BCUT2D eigenvalue weighted by atomic mass is 35.5. The van der Waals surface area contributed by atoms with Crippen LogP contribution in [0.3, 0.4) is 0 Å². The molecule has 2 aromatic rings. The molecule has 0 unspecified atom stereocenters. The molecule has 0 saturated carbocycles. The van der Waals surface area contributed by atoms with Gasteiger partial charge in [0.1, 0.15) is 5.75 Å². The first-order chi connectivity index (χ1) is 8.75. The van der Waals surface area contributed by atoms with Crippen LogP contribution in [0.1, 0.15) is 0 Å². The number of ether oxygens (including phenoxy) is 1. The van der Waals surface area contributed by atoms with Crippen molar-refractivity contribution in [2.24, 2.45) is 0 Å². The average molecular weight is 281 g/mol. The summed E-state index contributed by atoms with van der Waals surface area (Å²) in [6.07, 6.45) is 1.64. The third-order valence-corrected chi connectivity index (χ3v) is 3.34. The smallest absolute Gasteiger partial charge is 0.142 e. The Morgan fingerprint density at radius 1 is 1.22 bits per heavy atom. The summed E-state index contributed by atoms with van der Waals surface area (Å²) < 4.78 is 5.58. The third kappa shape index (κ3) is 3.82. The zero-order chi connectivity index (χ0) is 12.8. The molecule has 1 aromatic carbocycles. The van der Waals surface area contributed by atoms with E-state index in [1.54, 1.807) is 18.0 Å². The molecule has 0 aliphatic rings. The van der Waals surface area contributed by atoms with Crippen molar-refractivity contribution < 1.29 is 4.74 Å². The quantitative estimate of drug-likeness (QED) is 0.517. The number of nitrogen functional groups attached to an aromatic ring is 1. The molecule has 2 rings (SSSR count). The molecule has 1 aromatic heterocycles. The summed E-state index contributed by atoms with van der Waals surface area (Å²) in [6, 6.07) is 11.2. The predicted molar refractivity (Wildman–Crippen MR) is 76.3 cm³/mol. The van der Waals surface area contributed by atoms with E-state index >= 15 is 0 Å². The minimum atomic E-state index is 0.586. The van der Waals surface area contributed by atoms with Gasteiger partial charge in [0.25, 0.3) is 0 Å². The zero-order valence-corrected chi connectivity index (χ0v) is 11.2. The van der Waals surface area contributed by atoms with Gasteiger partial charge in [0.15, 0.2) is 0 Å². The molecule has 0 fully saturated rings. The number of aromatic nitrogens is 1. The molecular weight excluding hydrogens is 268 g/mol. The molecule has 0 aliphatic heterocycles. The van der Waals surface area contributed by atoms with Gasteiger partial charge in [-0.15, -0.1) is 11.8 Å². The second-order valence-corrected chi connectivity index (χ2v) is 5.10. The van der Waals surface area contributed by atoms with Crippen molar-refractivity contribution in [1.82, 2.24) is 4.98 Å². The molecule has 94 valence electrons. The fraction of sp³-hybridized carbons (Fsp3) is 0.154. The number of benzene rings is 1. The topological polar surface area (TPSA) is 48.1 Å². The standard InChI is InChI=1S/C13H13ClN2OS/c14-10-5-6-13(16-9-10)18-8-7-17-12-4-2-1-3-11(12)15/h1-6,9H,7-8,15H2. The molecule has 0 bridgehead atoms. The molecule has 1 heterocycles. The fourth-order valence-electron chi connectivity index (χ4n) is 1.36. The number of anilines is 1. The van der Waals surface area contributed by atoms with E-state index in [1.807, 2.05) is 36.4 Å². The Balaban J connectivity index is 1.76. The lowest BCUT2D eigenvalue weighted by atomic mass is 10.3. The number of thioether (sulfide) groups is 1. The van der Waals surface area contributed by atoms with Crippen molar-refractivity contribution in [3.05, 3.63) is 47.6 Å². The van der Waals surface area contributed by atoms with Crippen LogP contribution in [0.15, 0.2) is 47.6 Å². The molecule has 0 amide bonds. The maximum absolute atomic E-state index is 5.77. The van der Waals surface area contributed by atoms with Crippen molar-refractivity contribution in [3.63, 3.8) is 0 Å². The Labute approximate surface area is 115 Å². The number of rotatable bonds is 5. The van der Waals surface area contributed by atoms with E-state index in [1.165, 1.54) is 0 Å². The van der Waals surface area contributed by atoms with Crippen LogP contribution >= 0.6 is 23.4 Å². The predicted octanol–water partition coefficient (Wildman–Crippen LogP) is 3.49. The normalized spacial score (nSPS) is 10.3. The lowest BCUT2D eigenvalue weighted by Crippen LogP contribution is -2.02. The van der Waals surface area contributed by atoms with E-state index in [2.05, 4.69) is 4.98 Å². The largest absolute Gasteiger partial charge is 0.491 e. The summed E-state index contributed by atoms with van der Waals surface area (Å²) in [4.78, 5) is 4.19. The molecule has 5 heteroatoms. The van der Waals surface area contributed by atoms with Gasteiger partial charge in [0.2, 0.25) is 0 Å². The molecule has 3 nitrogen and oxygen atoms in total. The zero-order valence-electron chi connectivity index (χ0n) is 9.67. The van der Waals surface area contributed by atoms with Gasteiger partial charge in [-0.3, -0.25) is 0 Å². The van der Waals surface area contributed by atoms with Crippen LogP contribution in [0.2, 0.25) is 5.02 Å². The molecule has 0 radical (unpaired) electrons. The highest BCUT2D eigenvalue weighted by Gasteiger charge is 1.99. The maximum Gasteiger partial charge on any atom is 0.142 e. The second-order valence-electron chi connectivity index (χ2n) is 3.55. The van der Waals surface area contributed by atoms with Gasteiger partial charge in [-0.05, 0) is 24.3 Å². The maximum atomic E-state index is 5.77. The number of para-hydroxylation sites is 2. The second kappa shape index (κ2) is 6.52.